The summed E-state index contributed by atoms with van der Waals surface area (Å²) in [6.45, 7) is 4.43. The number of nitrogens with zero attached hydrogens (tertiary/aromatic N) is 1. The van der Waals surface area contributed by atoms with Gasteiger partial charge in [0.05, 0.1) is 6.54 Å². The van der Waals surface area contributed by atoms with Crippen LogP contribution in [0.5, 0.6) is 11.5 Å². The molecule has 4 heteroatoms. The third-order valence-corrected chi connectivity index (χ3v) is 3.03. The number of phenolic OH excluding ortho intramolecular Hbond substituents is 2. The van der Waals surface area contributed by atoms with Crippen molar-refractivity contribution in [1.29, 1.82) is 0 Å². The Balaban J connectivity index is 2.73. The van der Waals surface area contributed by atoms with Gasteiger partial charge in [0.15, 0.2) is 17.3 Å². The zero-order chi connectivity index (χ0) is 13.0. The molecule has 0 aliphatic heterocycles. The minimum absolute atomic E-state index is 0.0666. The highest BCUT2D eigenvalue weighted by molar-refractivity contribution is 5.98. The van der Waals surface area contributed by atoms with Crippen LogP contribution in [-0.2, 0) is 0 Å². The maximum absolute atomic E-state index is 11.9. The van der Waals surface area contributed by atoms with Crippen LogP contribution in [0.25, 0.3) is 0 Å². The molecule has 0 saturated carbocycles. The van der Waals surface area contributed by atoms with Crippen molar-refractivity contribution in [3.8, 4) is 11.5 Å². The number of carbonyl (C=O) groups excluding carboxylic acids is 1. The number of aromatic hydroxyl groups is 2. The van der Waals surface area contributed by atoms with E-state index in [-0.39, 0.29) is 17.3 Å². The van der Waals surface area contributed by atoms with E-state index in [0.717, 1.165) is 6.42 Å². The average molecular weight is 237 g/mol. The fourth-order valence-corrected chi connectivity index (χ4v) is 1.48. The molecule has 0 aromatic heterocycles. The van der Waals surface area contributed by atoms with Crippen LogP contribution in [-0.4, -0.2) is 40.5 Å². The van der Waals surface area contributed by atoms with Gasteiger partial charge in [0.25, 0.3) is 0 Å². The number of Topliss-reactive ketones (excluding diaryl/α,β-unsaturated/α-hetero) is 1. The third kappa shape index (κ3) is 3.46. The highest BCUT2D eigenvalue weighted by Crippen LogP contribution is 2.25. The van der Waals surface area contributed by atoms with E-state index < -0.39 is 0 Å². The van der Waals surface area contributed by atoms with E-state index in [1.807, 2.05) is 11.9 Å². The lowest BCUT2D eigenvalue weighted by Gasteiger charge is -2.22. The van der Waals surface area contributed by atoms with E-state index in [1.165, 1.54) is 18.2 Å². The number of phenols is 2. The molecular formula is C13H19NO3. The lowest BCUT2D eigenvalue weighted by molar-refractivity contribution is 0.0923. The predicted octanol–water partition coefficient (Wildman–Crippen LogP) is 2.01. The number of likely N-dealkylation sites (N-methyl/N-ethyl adjacent to an activating group) is 1. The molecule has 94 valence electrons. The summed E-state index contributed by atoms with van der Waals surface area (Å²) in [4.78, 5) is 13.9. The second-order valence-corrected chi connectivity index (χ2v) is 4.30. The number of ketones is 1. The van der Waals surface area contributed by atoms with Gasteiger partial charge >= 0.3 is 0 Å². The molecule has 0 amide bonds. The van der Waals surface area contributed by atoms with Crippen LogP contribution in [0.1, 0.15) is 30.6 Å². The van der Waals surface area contributed by atoms with Crippen molar-refractivity contribution in [2.24, 2.45) is 0 Å². The Hall–Kier alpha value is -1.55. The largest absolute Gasteiger partial charge is 0.504 e. The molecule has 0 heterocycles. The van der Waals surface area contributed by atoms with Crippen molar-refractivity contribution in [3.05, 3.63) is 23.8 Å². The molecule has 1 rings (SSSR count). The number of rotatable bonds is 5. The average Bonchev–Trinajstić information content (AvgIpc) is 2.31. The Bertz CT molecular complexity index is 404. The maximum Gasteiger partial charge on any atom is 0.176 e. The summed E-state index contributed by atoms with van der Waals surface area (Å²) in [5.41, 5.74) is 0.412. The number of carbonyl (C=O) groups is 1. The first-order valence-corrected chi connectivity index (χ1v) is 5.71. The summed E-state index contributed by atoms with van der Waals surface area (Å²) in [6, 6.07) is 4.47. The molecule has 1 atom stereocenters. The molecular weight excluding hydrogens is 218 g/mol. The van der Waals surface area contributed by atoms with Crippen molar-refractivity contribution in [3.63, 3.8) is 0 Å². The molecule has 0 bridgehead atoms. The van der Waals surface area contributed by atoms with Crippen molar-refractivity contribution < 1.29 is 15.0 Å². The van der Waals surface area contributed by atoms with Gasteiger partial charge in [0.2, 0.25) is 0 Å². The van der Waals surface area contributed by atoms with Gasteiger partial charge in [-0.25, -0.2) is 0 Å². The number of hydrogen-bond donors (Lipinski definition) is 2. The normalized spacial score (nSPS) is 12.7. The first kappa shape index (κ1) is 13.5. The molecule has 0 aliphatic carbocycles. The lowest BCUT2D eigenvalue weighted by atomic mass is 10.1. The first-order valence-electron chi connectivity index (χ1n) is 5.71. The summed E-state index contributed by atoms with van der Waals surface area (Å²) in [7, 11) is 1.90. The fraction of sp³-hybridized carbons (Fsp3) is 0.462. The third-order valence-electron chi connectivity index (χ3n) is 3.03. The van der Waals surface area contributed by atoms with Gasteiger partial charge in [0.1, 0.15) is 0 Å². The Morgan fingerprint density at radius 3 is 2.53 bits per heavy atom. The molecule has 1 aromatic rings. The highest BCUT2D eigenvalue weighted by atomic mass is 16.3. The SMILES string of the molecule is CCC(C)N(C)CC(=O)c1ccc(O)c(O)c1. The van der Waals surface area contributed by atoms with Gasteiger partial charge in [0, 0.05) is 11.6 Å². The van der Waals surface area contributed by atoms with Crippen LogP contribution >= 0.6 is 0 Å². The zero-order valence-corrected chi connectivity index (χ0v) is 10.5. The Morgan fingerprint density at radius 1 is 1.35 bits per heavy atom. The van der Waals surface area contributed by atoms with Crippen molar-refractivity contribution in [1.82, 2.24) is 4.90 Å². The van der Waals surface area contributed by atoms with Gasteiger partial charge in [-0.05, 0) is 38.6 Å². The molecule has 0 saturated heterocycles. The van der Waals surface area contributed by atoms with Gasteiger partial charge < -0.3 is 10.2 Å². The molecule has 0 aliphatic rings. The molecule has 2 N–H and O–H groups in total. The Morgan fingerprint density at radius 2 is 2.00 bits per heavy atom. The molecule has 17 heavy (non-hydrogen) atoms. The van der Waals surface area contributed by atoms with Crippen LogP contribution in [0, 0.1) is 0 Å². The lowest BCUT2D eigenvalue weighted by Crippen LogP contribution is -2.33. The van der Waals surface area contributed by atoms with E-state index in [0.29, 0.717) is 18.2 Å². The summed E-state index contributed by atoms with van der Waals surface area (Å²) in [6.07, 6.45) is 0.977. The van der Waals surface area contributed by atoms with Gasteiger partial charge in [-0.15, -0.1) is 0 Å². The molecule has 1 unspecified atom stereocenters. The van der Waals surface area contributed by atoms with E-state index in [9.17, 15) is 9.90 Å². The minimum atomic E-state index is -0.262. The standard InChI is InChI=1S/C13H19NO3/c1-4-9(2)14(3)8-13(17)10-5-6-11(15)12(16)7-10/h5-7,9,15-16H,4,8H2,1-3H3. The van der Waals surface area contributed by atoms with E-state index in [2.05, 4.69) is 13.8 Å². The summed E-state index contributed by atoms with van der Waals surface area (Å²) in [5.74, 6) is -0.540. The summed E-state index contributed by atoms with van der Waals surface area (Å²) < 4.78 is 0. The topological polar surface area (TPSA) is 60.8 Å². The summed E-state index contributed by atoms with van der Waals surface area (Å²) in [5, 5.41) is 18.5. The predicted molar refractivity (Wildman–Crippen MR) is 66.5 cm³/mol. The maximum atomic E-state index is 11.9. The molecule has 4 nitrogen and oxygen atoms in total. The van der Waals surface area contributed by atoms with Crippen LogP contribution in [0.3, 0.4) is 0 Å². The molecule has 0 spiro atoms. The molecule has 1 aromatic carbocycles. The van der Waals surface area contributed by atoms with Crippen molar-refractivity contribution >= 4 is 5.78 Å². The van der Waals surface area contributed by atoms with Gasteiger partial charge in [-0.1, -0.05) is 6.92 Å². The van der Waals surface area contributed by atoms with E-state index in [1.54, 1.807) is 0 Å². The highest BCUT2D eigenvalue weighted by Gasteiger charge is 2.14. The minimum Gasteiger partial charge on any atom is -0.504 e. The van der Waals surface area contributed by atoms with Crippen LogP contribution in [0.2, 0.25) is 0 Å². The van der Waals surface area contributed by atoms with Crippen LogP contribution in [0.4, 0.5) is 0 Å². The van der Waals surface area contributed by atoms with Gasteiger partial charge in [-0.3, -0.25) is 9.69 Å². The Labute approximate surface area is 101 Å². The first-order chi connectivity index (χ1) is 7.95. The monoisotopic (exact) mass is 237 g/mol. The van der Waals surface area contributed by atoms with E-state index >= 15 is 0 Å². The molecule has 0 radical (unpaired) electrons. The number of hydrogen-bond acceptors (Lipinski definition) is 4. The zero-order valence-electron chi connectivity index (χ0n) is 10.5. The second kappa shape index (κ2) is 5.68. The Kier molecular flexibility index (Phi) is 4.52. The smallest absolute Gasteiger partial charge is 0.176 e. The number of benzene rings is 1. The van der Waals surface area contributed by atoms with Crippen LogP contribution in [0.15, 0.2) is 18.2 Å². The van der Waals surface area contributed by atoms with Gasteiger partial charge in [-0.2, -0.15) is 0 Å². The summed E-state index contributed by atoms with van der Waals surface area (Å²) >= 11 is 0. The second-order valence-electron chi connectivity index (χ2n) is 4.30. The fourth-order valence-electron chi connectivity index (χ4n) is 1.48. The van der Waals surface area contributed by atoms with Crippen LogP contribution < -0.4 is 0 Å². The van der Waals surface area contributed by atoms with Crippen molar-refractivity contribution in [2.45, 2.75) is 26.3 Å². The van der Waals surface area contributed by atoms with E-state index in [4.69, 9.17) is 5.11 Å². The quantitative estimate of drug-likeness (QED) is 0.607. The molecule has 0 fully saturated rings. The van der Waals surface area contributed by atoms with Crippen molar-refractivity contribution in [2.75, 3.05) is 13.6 Å².